The number of aromatic nitrogens is 2. The van der Waals surface area contributed by atoms with Crippen molar-refractivity contribution in [3.05, 3.63) is 77.6 Å². The first-order valence-electron chi connectivity index (χ1n) is 18.9. The van der Waals surface area contributed by atoms with Crippen LogP contribution in [-0.2, 0) is 16.0 Å². The summed E-state index contributed by atoms with van der Waals surface area (Å²) in [6.07, 6.45) is 17.4. The molecule has 0 radical (unpaired) electrons. The third kappa shape index (κ3) is 8.03. The van der Waals surface area contributed by atoms with Gasteiger partial charge in [0.2, 0.25) is 5.91 Å². The first kappa shape index (κ1) is 34.2. The predicted molar refractivity (Wildman–Crippen MR) is 194 cm³/mol. The van der Waals surface area contributed by atoms with Gasteiger partial charge in [-0.25, -0.2) is 9.97 Å². The molecule has 3 aromatic rings. The van der Waals surface area contributed by atoms with E-state index in [4.69, 9.17) is 9.97 Å². The SMILES string of the molecule is CCCC1CCC(C2CCN(c3cnc(-c4ccc(C[C@H](NC(=O)c5ccc(C6CC6)cc5)C(=O)N5CC(C(=O)O)C5)cc4)nc3)CC2)CC1. The lowest BCUT2D eigenvalue weighted by atomic mass is 9.72. The summed E-state index contributed by atoms with van der Waals surface area (Å²) >= 11 is 0. The number of piperidine rings is 1. The van der Waals surface area contributed by atoms with Crippen molar-refractivity contribution < 1.29 is 19.5 Å². The number of aliphatic carboxylic acids is 1. The van der Waals surface area contributed by atoms with Crippen LogP contribution < -0.4 is 10.2 Å². The number of nitrogens with one attached hydrogen (secondary N) is 1. The van der Waals surface area contributed by atoms with E-state index in [0.29, 0.717) is 17.3 Å². The maximum atomic E-state index is 13.5. The van der Waals surface area contributed by atoms with Gasteiger partial charge in [-0.1, -0.05) is 69.0 Å². The zero-order valence-electron chi connectivity index (χ0n) is 29.3. The van der Waals surface area contributed by atoms with Crippen LogP contribution >= 0.6 is 0 Å². The summed E-state index contributed by atoms with van der Waals surface area (Å²) in [6.45, 7) is 4.74. The largest absolute Gasteiger partial charge is 0.481 e. The Labute approximate surface area is 295 Å². The highest BCUT2D eigenvalue weighted by molar-refractivity contribution is 5.98. The van der Waals surface area contributed by atoms with Gasteiger partial charge < -0.3 is 20.2 Å². The highest BCUT2D eigenvalue weighted by Crippen LogP contribution is 2.41. The molecule has 4 aliphatic rings. The summed E-state index contributed by atoms with van der Waals surface area (Å²) in [5, 5.41) is 12.3. The number of hydrogen-bond donors (Lipinski definition) is 2. The second-order valence-corrected chi connectivity index (χ2v) is 15.3. The van der Waals surface area contributed by atoms with Gasteiger partial charge in [0.05, 0.1) is 24.0 Å². The van der Waals surface area contributed by atoms with Crippen molar-refractivity contribution >= 4 is 23.5 Å². The normalized spacial score (nSPS) is 22.1. The Kier molecular flexibility index (Phi) is 10.5. The molecule has 2 saturated carbocycles. The van der Waals surface area contributed by atoms with Crippen LogP contribution in [0.15, 0.2) is 60.9 Å². The van der Waals surface area contributed by atoms with Gasteiger partial charge in [-0.15, -0.1) is 0 Å². The predicted octanol–water partition coefficient (Wildman–Crippen LogP) is 6.73. The van der Waals surface area contributed by atoms with Gasteiger partial charge in [-0.3, -0.25) is 14.4 Å². The molecule has 2 aromatic carbocycles. The number of nitrogens with zero attached hydrogens (tertiary/aromatic N) is 4. The topological polar surface area (TPSA) is 116 Å². The fraction of sp³-hybridized carbons (Fsp3) is 0.537. The van der Waals surface area contributed by atoms with Crippen molar-refractivity contribution in [1.29, 1.82) is 0 Å². The quantitative estimate of drug-likeness (QED) is 0.219. The molecule has 3 heterocycles. The molecule has 264 valence electrons. The molecule has 2 N–H and O–H groups in total. The van der Waals surface area contributed by atoms with E-state index in [0.717, 1.165) is 47.7 Å². The number of anilines is 1. The molecule has 0 unspecified atom stereocenters. The average molecular weight is 678 g/mol. The van der Waals surface area contributed by atoms with E-state index in [-0.39, 0.29) is 31.3 Å². The van der Waals surface area contributed by atoms with Crippen molar-refractivity contribution in [2.45, 2.75) is 89.5 Å². The van der Waals surface area contributed by atoms with Gasteiger partial charge in [0.1, 0.15) is 6.04 Å². The molecule has 9 heteroatoms. The van der Waals surface area contributed by atoms with Crippen molar-refractivity contribution in [1.82, 2.24) is 20.2 Å². The molecular formula is C41H51N5O4. The molecule has 50 heavy (non-hydrogen) atoms. The Morgan fingerprint density at radius 3 is 2.08 bits per heavy atom. The van der Waals surface area contributed by atoms with Gasteiger partial charge >= 0.3 is 5.97 Å². The van der Waals surface area contributed by atoms with E-state index in [1.165, 1.54) is 74.7 Å². The zero-order chi connectivity index (χ0) is 34.6. The van der Waals surface area contributed by atoms with E-state index in [1.54, 1.807) is 0 Å². The van der Waals surface area contributed by atoms with E-state index in [9.17, 15) is 19.5 Å². The minimum atomic E-state index is -0.907. The number of hydrogen-bond acceptors (Lipinski definition) is 6. The molecule has 7 rings (SSSR count). The molecule has 9 nitrogen and oxygen atoms in total. The van der Waals surface area contributed by atoms with Crippen LogP contribution in [0.25, 0.3) is 11.4 Å². The van der Waals surface area contributed by atoms with Crippen LogP contribution in [0.3, 0.4) is 0 Å². The van der Waals surface area contributed by atoms with Gasteiger partial charge in [0.25, 0.3) is 5.91 Å². The third-order valence-electron chi connectivity index (χ3n) is 11.8. The second-order valence-electron chi connectivity index (χ2n) is 15.3. The lowest BCUT2D eigenvalue weighted by Gasteiger charge is -2.39. The first-order valence-corrected chi connectivity index (χ1v) is 18.9. The molecule has 2 aliphatic heterocycles. The second kappa shape index (κ2) is 15.3. The fourth-order valence-electron chi connectivity index (χ4n) is 8.44. The monoisotopic (exact) mass is 677 g/mol. The third-order valence-corrected chi connectivity index (χ3v) is 11.8. The van der Waals surface area contributed by atoms with E-state index in [1.807, 2.05) is 60.9 Å². The Morgan fingerprint density at radius 1 is 0.840 bits per heavy atom. The van der Waals surface area contributed by atoms with Gasteiger partial charge in [-0.2, -0.15) is 0 Å². The Bertz CT molecular complexity index is 1620. The lowest BCUT2D eigenvalue weighted by Crippen LogP contribution is -2.59. The number of rotatable bonds is 12. The Morgan fingerprint density at radius 2 is 1.48 bits per heavy atom. The lowest BCUT2D eigenvalue weighted by molar-refractivity contribution is -0.153. The minimum Gasteiger partial charge on any atom is -0.481 e. The van der Waals surface area contributed by atoms with Gasteiger partial charge in [-0.05, 0) is 85.5 Å². The van der Waals surface area contributed by atoms with Crippen molar-refractivity contribution in [3.63, 3.8) is 0 Å². The molecule has 4 fully saturated rings. The average Bonchev–Trinajstić information content (AvgIpc) is 3.98. The summed E-state index contributed by atoms with van der Waals surface area (Å²) in [5.74, 6) is 1.90. The summed E-state index contributed by atoms with van der Waals surface area (Å²) in [7, 11) is 0. The van der Waals surface area contributed by atoms with Crippen molar-refractivity contribution in [3.8, 4) is 11.4 Å². The van der Waals surface area contributed by atoms with Crippen LogP contribution in [0, 0.1) is 23.7 Å². The molecule has 1 atom stereocenters. The van der Waals surface area contributed by atoms with Gasteiger partial charge in [0, 0.05) is 43.7 Å². The molecule has 0 spiro atoms. The fourth-order valence-corrected chi connectivity index (χ4v) is 8.44. The number of carbonyl (C=O) groups excluding carboxylic acids is 2. The molecule has 1 aromatic heterocycles. The number of carboxylic acids is 1. The molecule has 2 saturated heterocycles. The molecule has 2 aliphatic carbocycles. The summed E-state index contributed by atoms with van der Waals surface area (Å²) < 4.78 is 0. The highest BCUT2D eigenvalue weighted by Gasteiger charge is 2.39. The maximum absolute atomic E-state index is 13.5. The van der Waals surface area contributed by atoms with Gasteiger partial charge in [0.15, 0.2) is 5.82 Å². The smallest absolute Gasteiger partial charge is 0.310 e. The molecular weight excluding hydrogens is 626 g/mol. The highest BCUT2D eigenvalue weighted by atomic mass is 16.4. The summed E-state index contributed by atoms with van der Waals surface area (Å²) in [4.78, 5) is 51.5. The Hall–Kier alpha value is -4.27. The number of carbonyl (C=O) groups is 3. The molecule has 2 amide bonds. The van der Waals surface area contributed by atoms with E-state index in [2.05, 4.69) is 17.1 Å². The van der Waals surface area contributed by atoms with Crippen LogP contribution in [0.4, 0.5) is 5.69 Å². The number of likely N-dealkylation sites (tertiary alicyclic amines) is 1. The number of amides is 2. The van der Waals surface area contributed by atoms with Crippen LogP contribution in [0.1, 0.15) is 98.5 Å². The van der Waals surface area contributed by atoms with E-state index < -0.39 is 17.9 Å². The standard InChI is InChI=1S/C41H51N5O4/c1-2-3-27-4-8-29(9-5-27)32-18-20-45(21-19-32)36-23-42-38(43-24-36)33-10-6-28(7-11-33)22-37(40(48)46-25-35(26-46)41(49)50)44-39(47)34-16-14-31(15-17-34)30-12-13-30/h6-7,10-11,14-17,23-24,27,29-30,32,35,37H,2-5,8-9,12-13,18-22,25-26H2,1H3,(H,44,47)(H,49,50)/t27?,29?,37-/m0/s1. The summed E-state index contributed by atoms with van der Waals surface area (Å²) in [6, 6.07) is 14.6. The van der Waals surface area contributed by atoms with Crippen LogP contribution in [0.5, 0.6) is 0 Å². The van der Waals surface area contributed by atoms with Crippen molar-refractivity contribution in [2.75, 3.05) is 31.1 Å². The zero-order valence-corrected chi connectivity index (χ0v) is 29.3. The van der Waals surface area contributed by atoms with E-state index >= 15 is 0 Å². The minimum absolute atomic E-state index is 0.154. The molecule has 0 bridgehead atoms. The van der Waals surface area contributed by atoms with Crippen LogP contribution in [-0.4, -0.2) is 70.0 Å². The Balaban J connectivity index is 0.952. The summed E-state index contributed by atoms with van der Waals surface area (Å²) in [5.41, 5.74) is 4.58. The maximum Gasteiger partial charge on any atom is 0.310 e. The number of benzene rings is 2. The number of carboxylic acid groups (broad SMARTS) is 1. The van der Waals surface area contributed by atoms with Crippen LogP contribution in [0.2, 0.25) is 0 Å². The first-order chi connectivity index (χ1) is 24.3. The van der Waals surface area contributed by atoms with Crippen molar-refractivity contribution in [2.24, 2.45) is 23.7 Å².